The molecule has 1 unspecified atom stereocenters. The van der Waals surface area contributed by atoms with Crippen molar-refractivity contribution in [2.24, 2.45) is 4.99 Å². The minimum absolute atomic E-state index is 0.304. The number of esters is 1. The van der Waals surface area contributed by atoms with Crippen molar-refractivity contribution in [2.75, 3.05) is 0 Å². The Labute approximate surface area is 98.9 Å². The number of hydrogen-bond donors (Lipinski definition) is 0. The largest absolute Gasteiger partial charge is 0.468 e. The maximum atomic E-state index is 12.3. The van der Waals surface area contributed by atoms with Crippen molar-refractivity contribution in [2.45, 2.75) is 12.2 Å². The van der Waals surface area contributed by atoms with Crippen LogP contribution in [0.15, 0.2) is 29.3 Å². The van der Waals surface area contributed by atoms with Gasteiger partial charge in [-0.25, -0.2) is 9.79 Å². The maximum Gasteiger partial charge on any atom is 0.468 e. The topological polar surface area (TPSA) is 38.7 Å². The normalized spacial score (nSPS) is 20.1. The molecule has 1 atom stereocenters. The summed E-state index contributed by atoms with van der Waals surface area (Å²) in [4.78, 5) is 14.5. The van der Waals surface area contributed by atoms with E-state index in [1.807, 2.05) is 0 Å². The Bertz CT molecular complexity index is 481. The van der Waals surface area contributed by atoms with Gasteiger partial charge in [0, 0.05) is 5.02 Å². The lowest BCUT2D eigenvalue weighted by atomic mass is 10.1. The molecule has 0 bridgehead atoms. The first-order valence-electron chi connectivity index (χ1n) is 4.50. The quantitative estimate of drug-likeness (QED) is 0.731. The Kier molecular flexibility index (Phi) is 2.82. The Hall–Kier alpha value is -1.56. The number of alkyl halides is 3. The summed E-state index contributed by atoms with van der Waals surface area (Å²) in [5, 5.41) is 0.417. The van der Waals surface area contributed by atoms with Gasteiger partial charge >= 0.3 is 18.0 Å². The fraction of sp³-hybridized carbons (Fsp3) is 0.200. The second-order valence-electron chi connectivity index (χ2n) is 3.31. The van der Waals surface area contributed by atoms with E-state index in [4.69, 9.17) is 11.6 Å². The zero-order chi connectivity index (χ0) is 12.6. The summed E-state index contributed by atoms with van der Waals surface area (Å²) in [6, 6.07) is 4.51. The van der Waals surface area contributed by atoms with Crippen molar-refractivity contribution in [1.29, 1.82) is 0 Å². The van der Waals surface area contributed by atoms with E-state index in [-0.39, 0.29) is 0 Å². The average molecular weight is 264 g/mol. The molecule has 1 aromatic rings. The second kappa shape index (κ2) is 4.03. The summed E-state index contributed by atoms with van der Waals surface area (Å²) in [6.45, 7) is 0. The monoisotopic (exact) mass is 263 g/mol. The highest BCUT2D eigenvalue weighted by Crippen LogP contribution is 2.31. The van der Waals surface area contributed by atoms with E-state index in [1.165, 1.54) is 24.3 Å². The first-order valence-corrected chi connectivity index (χ1v) is 4.88. The van der Waals surface area contributed by atoms with Gasteiger partial charge in [-0.2, -0.15) is 13.2 Å². The van der Waals surface area contributed by atoms with Crippen molar-refractivity contribution >= 4 is 23.5 Å². The van der Waals surface area contributed by atoms with Gasteiger partial charge in [0.2, 0.25) is 0 Å². The molecule has 7 heteroatoms. The number of ether oxygens (including phenoxy) is 1. The molecule has 0 spiro atoms. The lowest BCUT2D eigenvalue weighted by Gasteiger charge is -2.03. The third-order valence-corrected chi connectivity index (χ3v) is 2.35. The summed E-state index contributed by atoms with van der Waals surface area (Å²) < 4.78 is 40.9. The van der Waals surface area contributed by atoms with Gasteiger partial charge in [-0.15, -0.1) is 0 Å². The van der Waals surface area contributed by atoms with E-state index in [1.54, 1.807) is 0 Å². The molecular formula is C10H5ClF3NO2. The third kappa shape index (κ3) is 2.41. The molecular weight excluding hydrogens is 259 g/mol. The molecule has 0 aromatic heterocycles. The number of cyclic esters (lactones) is 1. The standard InChI is InChI=1S/C10H5ClF3NO2/c11-6-3-1-5(2-4-6)7-8(16)17-9(15-7)10(12,13)14/h1-4,7H. The fourth-order valence-electron chi connectivity index (χ4n) is 1.33. The molecule has 0 aliphatic carbocycles. The molecule has 1 aromatic carbocycles. The number of aliphatic imine (C=N–C) groups is 1. The zero-order valence-corrected chi connectivity index (χ0v) is 8.92. The predicted molar refractivity (Wildman–Crippen MR) is 53.8 cm³/mol. The zero-order valence-electron chi connectivity index (χ0n) is 8.16. The Balaban J connectivity index is 2.31. The van der Waals surface area contributed by atoms with Crippen molar-refractivity contribution in [3.8, 4) is 0 Å². The van der Waals surface area contributed by atoms with E-state index in [0.29, 0.717) is 10.6 Å². The number of halogens is 4. The van der Waals surface area contributed by atoms with Crippen LogP contribution in [0.3, 0.4) is 0 Å². The number of benzene rings is 1. The van der Waals surface area contributed by atoms with Crippen LogP contribution in [0.5, 0.6) is 0 Å². The minimum Gasteiger partial charge on any atom is -0.401 e. The molecule has 3 nitrogen and oxygen atoms in total. The molecule has 0 saturated carbocycles. The highest BCUT2D eigenvalue weighted by molar-refractivity contribution is 6.30. The molecule has 2 rings (SSSR count). The number of hydrogen-bond acceptors (Lipinski definition) is 3. The molecule has 1 aliphatic rings. The SMILES string of the molecule is O=C1OC(C(F)(F)F)=NC1c1ccc(Cl)cc1. The molecule has 90 valence electrons. The van der Waals surface area contributed by atoms with Crippen molar-refractivity contribution in [3.63, 3.8) is 0 Å². The van der Waals surface area contributed by atoms with Gasteiger partial charge in [0.15, 0.2) is 6.04 Å². The van der Waals surface area contributed by atoms with Gasteiger partial charge in [0.05, 0.1) is 0 Å². The van der Waals surface area contributed by atoms with Gasteiger partial charge in [-0.3, -0.25) is 0 Å². The van der Waals surface area contributed by atoms with Crippen LogP contribution in [0.4, 0.5) is 13.2 Å². The van der Waals surface area contributed by atoms with Crippen molar-refractivity contribution < 1.29 is 22.7 Å². The summed E-state index contributed by atoms with van der Waals surface area (Å²) in [7, 11) is 0. The first-order chi connectivity index (χ1) is 7.88. The lowest BCUT2D eigenvalue weighted by molar-refractivity contribution is -0.139. The van der Waals surface area contributed by atoms with Gasteiger partial charge in [-0.05, 0) is 17.7 Å². The van der Waals surface area contributed by atoms with Crippen molar-refractivity contribution in [1.82, 2.24) is 0 Å². The van der Waals surface area contributed by atoms with Gasteiger partial charge in [0.25, 0.3) is 0 Å². The first kappa shape index (κ1) is 11.9. The van der Waals surface area contributed by atoms with E-state index >= 15 is 0 Å². The van der Waals surface area contributed by atoms with Gasteiger partial charge < -0.3 is 4.74 Å². The highest BCUT2D eigenvalue weighted by atomic mass is 35.5. The van der Waals surface area contributed by atoms with E-state index in [2.05, 4.69) is 9.73 Å². The molecule has 0 N–H and O–H groups in total. The van der Waals surface area contributed by atoms with Crippen LogP contribution < -0.4 is 0 Å². The Morgan fingerprint density at radius 2 is 1.82 bits per heavy atom. The third-order valence-electron chi connectivity index (χ3n) is 2.10. The lowest BCUT2D eigenvalue weighted by Crippen LogP contribution is -2.23. The van der Waals surface area contributed by atoms with Gasteiger partial charge in [-0.1, -0.05) is 23.7 Å². The van der Waals surface area contributed by atoms with Crippen LogP contribution in [0, 0.1) is 0 Å². The molecule has 17 heavy (non-hydrogen) atoms. The Morgan fingerprint density at radius 3 is 2.29 bits per heavy atom. The molecule has 0 radical (unpaired) electrons. The predicted octanol–water partition coefficient (Wildman–Crippen LogP) is 2.90. The molecule has 1 heterocycles. The van der Waals surface area contributed by atoms with Crippen LogP contribution >= 0.6 is 11.6 Å². The van der Waals surface area contributed by atoms with Crippen molar-refractivity contribution in [3.05, 3.63) is 34.9 Å². The minimum atomic E-state index is -4.75. The number of rotatable bonds is 1. The van der Waals surface area contributed by atoms with E-state index < -0.39 is 24.1 Å². The maximum absolute atomic E-state index is 12.3. The number of carbonyl (C=O) groups excluding carboxylic acids is 1. The molecule has 1 aliphatic heterocycles. The van der Waals surface area contributed by atoms with E-state index in [9.17, 15) is 18.0 Å². The van der Waals surface area contributed by atoms with Crippen LogP contribution in [0.25, 0.3) is 0 Å². The van der Waals surface area contributed by atoms with Crippen LogP contribution in [0.2, 0.25) is 5.02 Å². The van der Waals surface area contributed by atoms with Crippen LogP contribution in [-0.2, 0) is 9.53 Å². The molecule has 0 amide bonds. The number of nitrogens with zero attached hydrogens (tertiary/aromatic N) is 1. The molecule has 0 fully saturated rings. The second-order valence-corrected chi connectivity index (χ2v) is 3.74. The molecule has 0 saturated heterocycles. The average Bonchev–Trinajstić information content (AvgIpc) is 2.61. The van der Waals surface area contributed by atoms with Crippen LogP contribution in [-0.4, -0.2) is 18.0 Å². The summed E-state index contributed by atoms with van der Waals surface area (Å²) in [5.74, 6) is -2.55. The van der Waals surface area contributed by atoms with Gasteiger partial charge in [0.1, 0.15) is 0 Å². The summed E-state index contributed by atoms with van der Waals surface area (Å²) in [6.07, 6.45) is -4.75. The Morgan fingerprint density at radius 1 is 1.24 bits per heavy atom. The summed E-state index contributed by atoms with van der Waals surface area (Å²) >= 11 is 5.62. The number of carbonyl (C=O) groups is 1. The van der Waals surface area contributed by atoms with E-state index in [0.717, 1.165) is 0 Å². The van der Waals surface area contributed by atoms with Crippen LogP contribution in [0.1, 0.15) is 11.6 Å². The smallest absolute Gasteiger partial charge is 0.401 e. The highest BCUT2D eigenvalue weighted by Gasteiger charge is 2.46. The fourth-order valence-corrected chi connectivity index (χ4v) is 1.46. The summed E-state index contributed by atoms with van der Waals surface area (Å²) in [5.41, 5.74) is 0.304.